The van der Waals surface area contributed by atoms with Crippen molar-refractivity contribution in [3.05, 3.63) is 24.3 Å². The molecule has 1 aliphatic rings. The number of methoxy groups -OCH3 is 1. The minimum Gasteiger partial charge on any atom is -0.495 e. The normalized spacial score (nSPS) is 22.9. The second-order valence-corrected chi connectivity index (χ2v) is 6.39. The van der Waals surface area contributed by atoms with Gasteiger partial charge in [0.2, 0.25) is 5.91 Å². The van der Waals surface area contributed by atoms with Crippen molar-refractivity contribution in [2.24, 2.45) is 5.92 Å². The zero-order valence-corrected chi connectivity index (χ0v) is 13.9. The Morgan fingerprint density at radius 1 is 1.32 bits per heavy atom. The maximum absolute atomic E-state index is 12.2. The van der Waals surface area contributed by atoms with E-state index in [1.165, 1.54) is 25.7 Å². The van der Waals surface area contributed by atoms with E-state index in [1.54, 1.807) is 7.11 Å². The van der Waals surface area contributed by atoms with Crippen molar-refractivity contribution >= 4 is 11.6 Å². The van der Waals surface area contributed by atoms with Gasteiger partial charge in [0.25, 0.3) is 0 Å². The molecule has 2 rings (SSSR count). The minimum absolute atomic E-state index is 0.0213. The summed E-state index contributed by atoms with van der Waals surface area (Å²) in [5.74, 6) is 1.42. The highest BCUT2D eigenvalue weighted by Gasteiger charge is 2.23. The first-order valence-electron chi connectivity index (χ1n) is 8.29. The van der Waals surface area contributed by atoms with E-state index in [0.717, 1.165) is 5.69 Å². The average Bonchev–Trinajstić information content (AvgIpc) is 2.50. The molecular formula is C18H28N2O2. The Morgan fingerprint density at radius 2 is 2.05 bits per heavy atom. The van der Waals surface area contributed by atoms with E-state index >= 15 is 0 Å². The largest absolute Gasteiger partial charge is 0.495 e. The molecule has 0 heterocycles. The fourth-order valence-electron chi connectivity index (χ4n) is 3.22. The number of hydrogen-bond donors (Lipinski definition) is 2. The molecule has 1 aliphatic carbocycles. The number of rotatable bonds is 6. The molecule has 0 unspecified atom stereocenters. The predicted octanol–water partition coefficient (Wildman–Crippen LogP) is 3.58. The van der Waals surface area contributed by atoms with Gasteiger partial charge >= 0.3 is 0 Å². The number of carbonyl (C=O) groups excluding carboxylic acids is 1. The van der Waals surface area contributed by atoms with Crippen molar-refractivity contribution < 1.29 is 9.53 Å². The second-order valence-electron chi connectivity index (χ2n) is 6.39. The molecule has 0 saturated heterocycles. The lowest BCUT2D eigenvalue weighted by Gasteiger charge is -2.32. The maximum atomic E-state index is 12.2. The highest BCUT2D eigenvalue weighted by atomic mass is 16.5. The number of carbonyl (C=O) groups is 1. The number of amides is 1. The summed E-state index contributed by atoms with van der Waals surface area (Å²) in [5, 5.41) is 6.56. The molecule has 0 aliphatic heterocycles. The Bertz CT molecular complexity index is 490. The first-order valence-corrected chi connectivity index (χ1v) is 8.29. The van der Waals surface area contributed by atoms with Crippen LogP contribution in [0.5, 0.6) is 5.75 Å². The van der Waals surface area contributed by atoms with Gasteiger partial charge in [0, 0.05) is 18.5 Å². The van der Waals surface area contributed by atoms with E-state index in [-0.39, 0.29) is 11.9 Å². The molecule has 1 amide bonds. The average molecular weight is 304 g/mol. The highest BCUT2D eigenvalue weighted by molar-refractivity contribution is 5.92. The molecule has 4 heteroatoms. The third-order valence-corrected chi connectivity index (χ3v) is 4.48. The molecule has 0 radical (unpaired) electrons. The Balaban J connectivity index is 1.83. The number of para-hydroxylation sites is 2. The number of ether oxygens (including phenoxy) is 1. The lowest BCUT2D eigenvalue weighted by molar-refractivity contribution is -0.116. The van der Waals surface area contributed by atoms with Crippen LogP contribution < -0.4 is 15.4 Å². The van der Waals surface area contributed by atoms with Crippen LogP contribution >= 0.6 is 0 Å². The minimum atomic E-state index is 0.0213. The van der Waals surface area contributed by atoms with Crippen molar-refractivity contribution in [2.75, 3.05) is 12.4 Å². The molecule has 0 bridgehead atoms. The Labute approximate surface area is 133 Å². The van der Waals surface area contributed by atoms with Crippen LogP contribution in [0, 0.1) is 5.92 Å². The van der Waals surface area contributed by atoms with Gasteiger partial charge in [-0.3, -0.25) is 4.79 Å². The molecule has 1 saturated carbocycles. The van der Waals surface area contributed by atoms with E-state index in [4.69, 9.17) is 4.74 Å². The van der Waals surface area contributed by atoms with Crippen molar-refractivity contribution in [3.8, 4) is 5.75 Å². The van der Waals surface area contributed by atoms with Gasteiger partial charge in [-0.2, -0.15) is 0 Å². The molecule has 1 aromatic carbocycles. The molecular weight excluding hydrogens is 276 g/mol. The summed E-state index contributed by atoms with van der Waals surface area (Å²) in [5.41, 5.74) is 0.730. The van der Waals surface area contributed by atoms with E-state index in [0.29, 0.717) is 24.1 Å². The molecule has 22 heavy (non-hydrogen) atoms. The highest BCUT2D eigenvalue weighted by Crippen LogP contribution is 2.25. The van der Waals surface area contributed by atoms with Crippen molar-refractivity contribution in [2.45, 2.75) is 58.0 Å². The first-order chi connectivity index (χ1) is 10.6. The lowest BCUT2D eigenvalue weighted by atomic mass is 9.85. The van der Waals surface area contributed by atoms with Crippen LogP contribution in [-0.2, 0) is 4.79 Å². The molecule has 2 N–H and O–H groups in total. The SMILES string of the molecule is COc1ccccc1NC(=O)C[C@H](C)N[C@H]1CCCC[C@H]1C. The molecule has 3 atom stereocenters. The first kappa shape index (κ1) is 16.8. The van der Waals surface area contributed by atoms with Crippen LogP contribution in [0.1, 0.15) is 46.0 Å². The van der Waals surface area contributed by atoms with Gasteiger partial charge in [0.1, 0.15) is 5.75 Å². The third kappa shape index (κ3) is 4.73. The molecule has 0 aromatic heterocycles. The van der Waals surface area contributed by atoms with Crippen LogP contribution in [0.25, 0.3) is 0 Å². The van der Waals surface area contributed by atoms with Crippen molar-refractivity contribution in [1.29, 1.82) is 0 Å². The van der Waals surface area contributed by atoms with Gasteiger partial charge in [-0.1, -0.05) is 31.9 Å². The molecule has 1 aromatic rings. The number of benzene rings is 1. The zero-order valence-electron chi connectivity index (χ0n) is 13.9. The predicted molar refractivity (Wildman–Crippen MR) is 90.3 cm³/mol. The maximum Gasteiger partial charge on any atom is 0.226 e. The summed E-state index contributed by atoms with van der Waals surface area (Å²) in [6.07, 6.45) is 5.61. The Morgan fingerprint density at radius 3 is 2.77 bits per heavy atom. The summed E-state index contributed by atoms with van der Waals surface area (Å²) < 4.78 is 5.26. The van der Waals surface area contributed by atoms with Gasteiger partial charge in [-0.05, 0) is 37.8 Å². The van der Waals surface area contributed by atoms with E-state index in [1.807, 2.05) is 24.3 Å². The summed E-state index contributed by atoms with van der Waals surface area (Å²) >= 11 is 0. The topological polar surface area (TPSA) is 50.4 Å². The van der Waals surface area contributed by atoms with Crippen molar-refractivity contribution in [3.63, 3.8) is 0 Å². The van der Waals surface area contributed by atoms with Crippen LogP contribution in [0.4, 0.5) is 5.69 Å². The van der Waals surface area contributed by atoms with Crippen LogP contribution in [0.3, 0.4) is 0 Å². The second kappa shape index (κ2) is 8.18. The number of anilines is 1. The van der Waals surface area contributed by atoms with Crippen LogP contribution in [-0.4, -0.2) is 25.1 Å². The van der Waals surface area contributed by atoms with Gasteiger partial charge in [0.05, 0.1) is 12.8 Å². The zero-order chi connectivity index (χ0) is 15.9. The number of nitrogens with one attached hydrogen (secondary N) is 2. The monoisotopic (exact) mass is 304 g/mol. The smallest absolute Gasteiger partial charge is 0.226 e. The quantitative estimate of drug-likeness (QED) is 0.844. The summed E-state index contributed by atoms with van der Waals surface area (Å²) in [7, 11) is 1.61. The Hall–Kier alpha value is -1.55. The standard InChI is InChI=1S/C18H28N2O2/c1-13-8-4-5-9-15(13)19-14(2)12-18(21)20-16-10-6-7-11-17(16)22-3/h6-7,10-11,13-15,19H,4-5,8-9,12H2,1-3H3,(H,20,21)/t13-,14+,15+/m1/s1. The third-order valence-electron chi connectivity index (χ3n) is 4.48. The fourth-order valence-corrected chi connectivity index (χ4v) is 3.22. The Kier molecular flexibility index (Phi) is 6.25. The molecule has 1 fully saturated rings. The van der Waals surface area contributed by atoms with Crippen LogP contribution in [0.15, 0.2) is 24.3 Å². The van der Waals surface area contributed by atoms with E-state index in [2.05, 4.69) is 24.5 Å². The van der Waals surface area contributed by atoms with Gasteiger partial charge in [-0.25, -0.2) is 0 Å². The van der Waals surface area contributed by atoms with Gasteiger partial charge < -0.3 is 15.4 Å². The molecule has 122 valence electrons. The van der Waals surface area contributed by atoms with Gasteiger partial charge in [0.15, 0.2) is 0 Å². The fraction of sp³-hybridized carbons (Fsp3) is 0.611. The summed E-state index contributed by atoms with van der Waals surface area (Å²) in [6.45, 7) is 4.39. The van der Waals surface area contributed by atoms with Gasteiger partial charge in [-0.15, -0.1) is 0 Å². The van der Waals surface area contributed by atoms with Crippen molar-refractivity contribution in [1.82, 2.24) is 5.32 Å². The van der Waals surface area contributed by atoms with Crippen LogP contribution in [0.2, 0.25) is 0 Å². The summed E-state index contributed by atoms with van der Waals surface area (Å²) in [4.78, 5) is 12.2. The van der Waals surface area contributed by atoms with E-state index < -0.39 is 0 Å². The summed E-state index contributed by atoms with van der Waals surface area (Å²) in [6, 6.07) is 8.22. The molecule has 0 spiro atoms. The lowest BCUT2D eigenvalue weighted by Crippen LogP contribution is -2.43. The molecule has 4 nitrogen and oxygen atoms in total. The number of hydrogen-bond acceptors (Lipinski definition) is 3. The van der Waals surface area contributed by atoms with E-state index in [9.17, 15) is 4.79 Å².